The molecule has 2 rings (SSSR count). The van der Waals surface area contributed by atoms with Crippen LogP contribution < -0.4 is 10.7 Å². The second kappa shape index (κ2) is 9.60. The van der Waals surface area contributed by atoms with Gasteiger partial charge in [0.1, 0.15) is 0 Å². The Bertz CT molecular complexity index is 541. The average Bonchev–Trinajstić information content (AvgIpc) is 2.55. The summed E-state index contributed by atoms with van der Waals surface area (Å²) in [5, 5.41) is 7.94. The lowest BCUT2D eigenvalue weighted by molar-refractivity contribution is 0.0376. The Hall–Kier alpha value is -1.50. The summed E-state index contributed by atoms with van der Waals surface area (Å²) in [6, 6.07) is 6.29. The summed E-state index contributed by atoms with van der Waals surface area (Å²) in [5.41, 5.74) is 6.43. The fraction of sp³-hybridized carbons (Fsp3) is 0.529. The Morgan fingerprint density at radius 3 is 2.87 bits per heavy atom. The Morgan fingerprint density at radius 2 is 2.13 bits per heavy atom. The zero-order valence-corrected chi connectivity index (χ0v) is 14.8. The van der Waals surface area contributed by atoms with Crippen molar-refractivity contribution in [3.8, 4) is 0 Å². The van der Waals surface area contributed by atoms with Crippen LogP contribution in [0.4, 0.5) is 0 Å². The number of aryl methyl sites for hydroxylation is 2. The monoisotopic (exact) mass is 334 g/mol. The molecule has 1 aliphatic heterocycles. The first kappa shape index (κ1) is 17.8. The minimum Gasteiger partial charge on any atom is -0.379 e. The summed E-state index contributed by atoms with van der Waals surface area (Å²) >= 11 is 5.22. The van der Waals surface area contributed by atoms with Crippen LogP contribution in [0.25, 0.3) is 0 Å². The van der Waals surface area contributed by atoms with E-state index in [0.29, 0.717) is 5.11 Å². The van der Waals surface area contributed by atoms with Crippen LogP contribution in [0, 0.1) is 13.8 Å². The van der Waals surface area contributed by atoms with Gasteiger partial charge in [-0.1, -0.05) is 23.8 Å². The fourth-order valence-electron chi connectivity index (χ4n) is 2.50. The van der Waals surface area contributed by atoms with Crippen LogP contribution in [0.5, 0.6) is 0 Å². The summed E-state index contributed by atoms with van der Waals surface area (Å²) < 4.78 is 5.34. The number of nitrogens with one attached hydrogen (secondary N) is 2. The fourth-order valence-corrected chi connectivity index (χ4v) is 2.65. The van der Waals surface area contributed by atoms with Crippen molar-refractivity contribution < 1.29 is 4.74 Å². The molecule has 1 heterocycles. The van der Waals surface area contributed by atoms with Gasteiger partial charge in [-0.25, -0.2) is 0 Å². The second-order valence-electron chi connectivity index (χ2n) is 5.79. The highest BCUT2D eigenvalue weighted by Gasteiger charge is 2.08. The van der Waals surface area contributed by atoms with Gasteiger partial charge in [0.25, 0.3) is 0 Å². The van der Waals surface area contributed by atoms with Crippen LogP contribution in [0.1, 0.15) is 23.1 Å². The highest BCUT2D eigenvalue weighted by Crippen LogP contribution is 2.07. The van der Waals surface area contributed by atoms with E-state index < -0.39 is 0 Å². The first-order valence-electron chi connectivity index (χ1n) is 8.09. The number of ether oxygens (including phenoxy) is 1. The van der Waals surface area contributed by atoms with Crippen LogP contribution in [0.3, 0.4) is 0 Å². The third-order valence-electron chi connectivity index (χ3n) is 3.84. The van der Waals surface area contributed by atoms with Gasteiger partial charge in [-0.3, -0.25) is 10.3 Å². The molecule has 0 spiro atoms. The van der Waals surface area contributed by atoms with Crippen LogP contribution in [0.15, 0.2) is 23.3 Å². The molecule has 2 N–H and O–H groups in total. The van der Waals surface area contributed by atoms with Crippen molar-refractivity contribution in [1.29, 1.82) is 0 Å². The van der Waals surface area contributed by atoms with Gasteiger partial charge >= 0.3 is 0 Å². The number of benzene rings is 1. The van der Waals surface area contributed by atoms with E-state index >= 15 is 0 Å². The first-order valence-corrected chi connectivity index (χ1v) is 8.50. The Labute approximate surface area is 144 Å². The lowest BCUT2D eigenvalue weighted by Gasteiger charge is -2.26. The molecule has 1 aliphatic rings. The molecule has 1 aromatic rings. The van der Waals surface area contributed by atoms with E-state index in [9.17, 15) is 0 Å². The van der Waals surface area contributed by atoms with Gasteiger partial charge in [0.15, 0.2) is 5.11 Å². The summed E-state index contributed by atoms with van der Waals surface area (Å²) in [7, 11) is 0. The summed E-state index contributed by atoms with van der Waals surface area (Å²) in [6.07, 6.45) is 2.86. The Morgan fingerprint density at radius 1 is 1.35 bits per heavy atom. The lowest BCUT2D eigenvalue weighted by atomic mass is 10.1. The van der Waals surface area contributed by atoms with E-state index in [1.165, 1.54) is 11.1 Å². The largest absolute Gasteiger partial charge is 0.379 e. The third-order valence-corrected chi connectivity index (χ3v) is 4.07. The molecule has 1 fully saturated rings. The Kier molecular flexibility index (Phi) is 7.45. The maximum atomic E-state index is 5.34. The van der Waals surface area contributed by atoms with E-state index in [0.717, 1.165) is 51.4 Å². The zero-order chi connectivity index (χ0) is 16.5. The highest BCUT2D eigenvalue weighted by molar-refractivity contribution is 7.80. The quantitative estimate of drug-likeness (QED) is 0.360. The van der Waals surface area contributed by atoms with E-state index in [1.807, 2.05) is 0 Å². The molecular weight excluding hydrogens is 308 g/mol. The predicted octanol–water partition coefficient (Wildman–Crippen LogP) is 1.82. The average molecular weight is 334 g/mol. The van der Waals surface area contributed by atoms with Crippen molar-refractivity contribution >= 4 is 23.5 Å². The van der Waals surface area contributed by atoms with Crippen molar-refractivity contribution in [2.75, 3.05) is 39.4 Å². The van der Waals surface area contributed by atoms with Crippen molar-refractivity contribution in [3.05, 3.63) is 34.9 Å². The molecule has 6 heteroatoms. The molecule has 0 radical (unpaired) electrons. The third kappa shape index (κ3) is 6.64. The lowest BCUT2D eigenvalue weighted by Crippen LogP contribution is -2.39. The van der Waals surface area contributed by atoms with E-state index in [2.05, 4.69) is 52.8 Å². The van der Waals surface area contributed by atoms with E-state index in [-0.39, 0.29) is 0 Å². The maximum absolute atomic E-state index is 5.34. The molecule has 0 aliphatic carbocycles. The van der Waals surface area contributed by atoms with Crippen molar-refractivity contribution in [2.24, 2.45) is 5.10 Å². The molecule has 5 nitrogen and oxygen atoms in total. The first-order chi connectivity index (χ1) is 11.1. The van der Waals surface area contributed by atoms with Crippen LogP contribution in [-0.2, 0) is 4.74 Å². The molecule has 0 atom stereocenters. The standard InChI is InChI=1S/C17H26N4OS/c1-14-4-5-16(15(2)12-14)13-19-20-17(23)18-6-3-7-21-8-10-22-11-9-21/h4-5,12-13H,3,6-11H2,1-2H3,(H2,18,20,23)/b19-13-. The summed E-state index contributed by atoms with van der Waals surface area (Å²) in [4.78, 5) is 2.42. The number of hydrogen-bond acceptors (Lipinski definition) is 4. The van der Waals surface area contributed by atoms with Crippen LogP contribution in [-0.4, -0.2) is 55.6 Å². The predicted molar refractivity (Wildman–Crippen MR) is 99.1 cm³/mol. The number of hydrazone groups is 1. The molecule has 1 saturated heterocycles. The van der Waals surface area contributed by atoms with E-state index in [1.54, 1.807) is 6.21 Å². The molecular formula is C17H26N4OS. The molecule has 0 aromatic heterocycles. The van der Waals surface area contributed by atoms with Gasteiger partial charge < -0.3 is 10.1 Å². The topological polar surface area (TPSA) is 48.9 Å². The van der Waals surface area contributed by atoms with Gasteiger partial charge in [0.2, 0.25) is 0 Å². The van der Waals surface area contributed by atoms with Gasteiger partial charge in [-0.05, 0) is 50.2 Å². The van der Waals surface area contributed by atoms with Crippen LogP contribution in [0.2, 0.25) is 0 Å². The van der Waals surface area contributed by atoms with E-state index in [4.69, 9.17) is 17.0 Å². The van der Waals surface area contributed by atoms with Crippen molar-refractivity contribution in [1.82, 2.24) is 15.6 Å². The van der Waals surface area contributed by atoms with Crippen molar-refractivity contribution in [2.45, 2.75) is 20.3 Å². The molecule has 126 valence electrons. The number of nitrogens with zero attached hydrogens (tertiary/aromatic N) is 2. The number of rotatable bonds is 6. The second-order valence-corrected chi connectivity index (χ2v) is 6.20. The normalized spacial score (nSPS) is 15.7. The van der Waals surface area contributed by atoms with Crippen LogP contribution >= 0.6 is 12.2 Å². The number of thiocarbonyl (C=S) groups is 1. The Balaban J connectivity index is 1.61. The summed E-state index contributed by atoms with van der Waals surface area (Å²) in [5.74, 6) is 0. The number of morpholine rings is 1. The van der Waals surface area contributed by atoms with Gasteiger partial charge in [-0.15, -0.1) is 0 Å². The van der Waals surface area contributed by atoms with Gasteiger partial charge in [0, 0.05) is 19.6 Å². The SMILES string of the molecule is Cc1ccc(/C=N\NC(=S)NCCCN2CCOCC2)c(C)c1. The van der Waals surface area contributed by atoms with Crippen molar-refractivity contribution in [3.63, 3.8) is 0 Å². The minimum atomic E-state index is 0.563. The molecule has 0 amide bonds. The summed E-state index contributed by atoms with van der Waals surface area (Å²) in [6.45, 7) is 9.85. The molecule has 23 heavy (non-hydrogen) atoms. The maximum Gasteiger partial charge on any atom is 0.186 e. The highest BCUT2D eigenvalue weighted by atomic mass is 32.1. The number of hydrogen-bond donors (Lipinski definition) is 2. The van der Waals surface area contributed by atoms with Gasteiger partial charge in [-0.2, -0.15) is 5.10 Å². The zero-order valence-electron chi connectivity index (χ0n) is 14.0. The smallest absolute Gasteiger partial charge is 0.186 e. The molecule has 0 bridgehead atoms. The minimum absolute atomic E-state index is 0.563. The molecule has 0 unspecified atom stereocenters. The molecule has 0 saturated carbocycles. The van der Waals surface area contributed by atoms with Gasteiger partial charge in [0.05, 0.1) is 19.4 Å². The molecule has 1 aromatic carbocycles.